The lowest BCUT2D eigenvalue weighted by atomic mass is 10.2. The largest absolute Gasteiger partial charge is 0.379 e. The van der Waals surface area contributed by atoms with Gasteiger partial charge in [-0.25, -0.2) is 4.39 Å². The number of benzene rings is 1. The van der Waals surface area contributed by atoms with Gasteiger partial charge in [0.15, 0.2) is 0 Å². The van der Waals surface area contributed by atoms with Gasteiger partial charge in [0.25, 0.3) is 0 Å². The maximum absolute atomic E-state index is 12.9. The molecule has 0 saturated heterocycles. The van der Waals surface area contributed by atoms with Crippen molar-refractivity contribution >= 4 is 5.69 Å². The van der Waals surface area contributed by atoms with E-state index in [1.54, 1.807) is 6.07 Å². The van der Waals surface area contributed by atoms with Crippen molar-refractivity contribution in [3.05, 3.63) is 59.2 Å². The van der Waals surface area contributed by atoms with Gasteiger partial charge in [0.1, 0.15) is 5.82 Å². The third-order valence-corrected chi connectivity index (χ3v) is 2.62. The SMILES string of the molecule is Cc1ccc(CNc2ccc(F)cc2C)nc1. The molecule has 3 heteroatoms. The van der Waals surface area contributed by atoms with Crippen LogP contribution in [-0.4, -0.2) is 4.98 Å². The second-order valence-corrected chi connectivity index (χ2v) is 4.14. The van der Waals surface area contributed by atoms with Gasteiger partial charge in [-0.2, -0.15) is 0 Å². The normalized spacial score (nSPS) is 10.3. The van der Waals surface area contributed by atoms with Crippen LogP contribution >= 0.6 is 0 Å². The van der Waals surface area contributed by atoms with E-state index in [9.17, 15) is 4.39 Å². The number of aromatic nitrogens is 1. The Balaban J connectivity index is 2.04. The molecule has 2 aromatic rings. The van der Waals surface area contributed by atoms with E-state index in [0.717, 1.165) is 22.5 Å². The summed E-state index contributed by atoms with van der Waals surface area (Å²) in [5.74, 6) is -0.207. The van der Waals surface area contributed by atoms with Crippen molar-refractivity contribution < 1.29 is 4.39 Å². The average molecular weight is 230 g/mol. The summed E-state index contributed by atoms with van der Waals surface area (Å²) >= 11 is 0. The van der Waals surface area contributed by atoms with Gasteiger partial charge in [-0.05, 0) is 49.2 Å². The predicted octanol–water partition coefficient (Wildman–Crippen LogP) is 3.45. The Kier molecular flexibility index (Phi) is 3.38. The van der Waals surface area contributed by atoms with E-state index in [0.29, 0.717) is 6.54 Å². The average Bonchev–Trinajstić information content (AvgIpc) is 2.30. The van der Waals surface area contributed by atoms with Gasteiger partial charge >= 0.3 is 0 Å². The van der Waals surface area contributed by atoms with Crippen molar-refractivity contribution in [2.24, 2.45) is 0 Å². The molecule has 0 bridgehead atoms. The fourth-order valence-electron chi connectivity index (χ4n) is 1.61. The van der Waals surface area contributed by atoms with Crippen molar-refractivity contribution in [1.29, 1.82) is 0 Å². The zero-order valence-corrected chi connectivity index (χ0v) is 10.00. The van der Waals surface area contributed by atoms with E-state index >= 15 is 0 Å². The second kappa shape index (κ2) is 4.95. The molecule has 2 nitrogen and oxygen atoms in total. The zero-order chi connectivity index (χ0) is 12.3. The molecule has 0 aliphatic rings. The molecule has 1 aromatic heterocycles. The molecule has 0 atom stereocenters. The van der Waals surface area contributed by atoms with Gasteiger partial charge in [-0.3, -0.25) is 4.98 Å². The molecule has 0 aliphatic heterocycles. The molecular formula is C14H15FN2. The molecule has 0 aliphatic carbocycles. The quantitative estimate of drug-likeness (QED) is 0.873. The van der Waals surface area contributed by atoms with Crippen LogP contribution in [0.15, 0.2) is 36.5 Å². The summed E-state index contributed by atoms with van der Waals surface area (Å²) in [6, 6.07) is 8.74. The van der Waals surface area contributed by atoms with Gasteiger partial charge in [0.05, 0.1) is 12.2 Å². The van der Waals surface area contributed by atoms with Crippen molar-refractivity contribution in [2.45, 2.75) is 20.4 Å². The Morgan fingerprint density at radius 1 is 1.18 bits per heavy atom. The lowest BCUT2D eigenvalue weighted by Crippen LogP contribution is -2.03. The zero-order valence-electron chi connectivity index (χ0n) is 10.00. The Morgan fingerprint density at radius 3 is 2.65 bits per heavy atom. The first-order valence-electron chi connectivity index (χ1n) is 5.57. The molecule has 88 valence electrons. The third-order valence-electron chi connectivity index (χ3n) is 2.62. The van der Waals surface area contributed by atoms with E-state index in [-0.39, 0.29) is 5.82 Å². The molecule has 0 fully saturated rings. The number of aryl methyl sites for hydroxylation is 2. The van der Waals surface area contributed by atoms with Crippen molar-refractivity contribution in [3.8, 4) is 0 Å². The van der Waals surface area contributed by atoms with Gasteiger partial charge in [0, 0.05) is 11.9 Å². The fraction of sp³-hybridized carbons (Fsp3) is 0.214. The first-order valence-corrected chi connectivity index (χ1v) is 5.57. The van der Waals surface area contributed by atoms with Crippen LogP contribution in [0.1, 0.15) is 16.8 Å². The minimum absolute atomic E-state index is 0.207. The molecular weight excluding hydrogens is 215 g/mol. The topological polar surface area (TPSA) is 24.9 Å². The molecule has 0 spiro atoms. The Hall–Kier alpha value is -1.90. The van der Waals surface area contributed by atoms with Crippen LogP contribution in [0.2, 0.25) is 0 Å². The predicted molar refractivity (Wildman–Crippen MR) is 67.4 cm³/mol. The highest BCUT2D eigenvalue weighted by Gasteiger charge is 2.00. The molecule has 0 unspecified atom stereocenters. The van der Waals surface area contributed by atoms with Crippen LogP contribution in [-0.2, 0) is 6.54 Å². The summed E-state index contributed by atoms with van der Waals surface area (Å²) in [5, 5.41) is 3.25. The Labute approximate surface area is 101 Å². The fourth-order valence-corrected chi connectivity index (χ4v) is 1.61. The minimum Gasteiger partial charge on any atom is -0.379 e. The number of rotatable bonds is 3. The summed E-state index contributed by atoms with van der Waals surface area (Å²) in [4.78, 5) is 4.30. The number of anilines is 1. The number of hydrogen-bond donors (Lipinski definition) is 1. The number of nitrogens with zero attached hydrogens (tertiary/aromatic N) is 1. The smallest absolute Gasteiger partial charge is 0.123 e. The standard InChI is InChI=1S/C14H15FN2/c1-10-3-5-13(16-8-10)9-17-14-6-4-12(15)7-11(14)2/h3-8,17H,9H2,1-2H3. The van der Waals surface area contributed by atoms with Crippen molar-refractivity contribution in [2.75, 3.05) is 5.32 Å². The Bertz CT molecular complexity index is 506. The number of nitrogens with one attached hydrogen (secondary N) is 1. The van der Waals surface area contributed by atoms with Crippen LogP contribution in [0.4, 0.5) is 10.1 Å². The molecule has 0 saturated carbocycles. The Morgan fingerprint density at radius 2 is 2.00 bits per heavy atom. The van der Waals surface area contributed by atoms with Gasteiger partial charge in [0.2, 0.25) is 0 Å². The summed E-state index contributed by atoms with van der Waals surface area (Å²) in [6.07, 6.45) is 1.84. The number of halogens is 1. The maximum atomic E-state index is 12.9. The lowest BCUT2D eigenvalue weighted by molar-refractivity contribution is 0.627. The number of hydrogen-bond acceptors (Lipinski definition) is 2. The highest BCUT2D eigenvalue weighted by molar-refractivity contribution is 5.50. The minimum atomic E-state index is -0.207. The van der Waals surface area contributed by atoms with Crippen molar-refractivity contribution in [3.63, 3.8) is 0 Å². The molecule has 1 heterocycles. The lowest BCUT2D eigenvalue weighted by Gasteiger charge is -2.09. The van der Waals surface area contributed by atoms with E-state index in [1.807, 2.05) is 32.2 Å². The summed E-state index contributed by atoms with van der Waals surface area (Å²) < 4.78 is 12.9. The summed E-state index contributed by atoms with van der Waals surface area (Å²) in [7, 11) is 0. The maximum Gasteiger partial charge on any atom is 0.123 e. The monoisotopic (exact) mass is 230 g/mol. The highest BCUT2D eigenvalue weighted by Crippen LogP contribution is 2.16. The van der Waals surface area contributed by atoms with Crippen LogP contribution in [0, 0.1) is 19.7 Å². The van der Waals surface area contributed by atoms with Gasteiger partial charge in [-0.15, -0.1) is 0 Å². The summed E-state index contributed by atoms with van der Waals surface area (Å²) in [6.45, 7) is 4.54. The van der Waals surface area contributed by atoms with Crippen LogP contribution in [0.5, 0.6) is 0 Å². The number of pyridine rings is 1. The first kappa shape index (κ1) is 11.6. The third kappa shape index (κ3) is 3.03. The van der Waals surface area contributed by atoms with Crippen LogP contribution in [0.3, 0.4) is 0 Å². The molecule has 1 aromatic carbocycles. The van der Waals surface area contributed by atoms with Crippen LogP contribution < -0.4 is 5.32 Å². The molecule has 0 amide bonds. The molecule has 0 radical (unpaired) electrons. The molecule has 17 heavy (non-hydrogen) atoms. The van der Waals surface area contributed by atoms with E-state index < -0.39 is 0 Å². The second-order valence-electron chi connectivity index (χ2n) is 4.14. The van der Waals surface area contributed by atoms with E-state index in [2.05, 4.69) is 10.3 Å². The first-order chi connectivity index (χ1) is 8.15. The van der Waals surface area contributed by atoms with E-state index in [1.165, 1.54) is 12.1 Å². The van der Waals surface area contributed by atoms with E-state index in [4.69, 9.17) is 0 Å². The van der Waals surface area contributed by atoms with Gasteiger partial charge < -0.3 is 5.32 Å². The highest BCUT2D eigenvalue weighted by atomic mass is 19.1. The molecule has 1 N–H and O–H groups in total. The van der Waals surface area contributed by atoms with Crippen LogP contribution in [0.25, 0.3) is 0 Å². The van der Waals surface area contributed by atoms with Crippen molar-refractivity contribution in [1.82, 2.24) is 4.98 Å². The van der Waals surface area contributed by atoms with Gasteiger partial charge in [-0.1, -0.05) is 6.07 Å². The molecule has 2 rings (SSSR count). The summed E-state index contributed by atoms with van der Waals surface area (Å²) in [5.41, 5.74) is 3.96.